The fraction of sp³-hybridized carbons (Fsp3) is 0.176. The summed E-state index contributed by atoms with van der Waals surface area (Å²) in [6.07, 6.45) is 1.68. The molecule has 4 nitrogen and oxygen atoms in total. The van der Waals surface area contributed by atoms with Crippen LogP contribution in [-0.4, -0.2) is 18.7 Å². The third-order valence-corrected chi connectivity index (χ3v) is 2.89. The maximum Gasteiger partial charge on any atom is 0.244 e. The number of hydrazone groups is 1. The molecule has 114 valence electrons. The van der Waals surface area contributed by atoms with Crippen LogP contribution in [0.4, 0.5) is 4.39 Å². The lowest BCUT2D eigenvalue weighted by Gasteiger charge is -2.05. The van der Waals surface area contributed by atoms with Gasteiger partial charge < -0.3 is 4.74 Å². The Bertz CT molecular complexity index is 654. The van der Waals surface area contributed by atoms with Gasteiger partial charge in [0.25, 0.3) is 0 Å². The number of rotatable bonds is 6. The van der Waals surface area contributed by atoms with Crippen LogP contribution >= 0.6 is 0 Å². The number of hydrogen-bond acceptors (Lipinski definition) is 3. The van der Waals surface area contributed by atoms with Crippen LogP contribution < -0.4 is 10.2 Å². The van der Waals surface area contributed by atoms with Gasteiger partial charge in [-0.3, -0.25) is 4.79 Å². The zero-order chi connectivity index (χ0) is 15.8. The lowest BCUT2D eigenvalue weighted by molar-refractivity contribution is -0.120. The number of nitrogens with one attached hydrogen (secondary N) is 1. The summed E-state index contributed by atoms with van der Waals surface area (Å²) in [7, 11) is 0. The Morgan fingerprint density at radius 1 is 1.23 bits per heavy atom. The van der Waals surface area contributed by atoms with Crippen LogP contribution in [0.15, 0.2) is 53.6 Å². The van der Waals surface area contributed by atoms with Crippen molar-refractivity contribution < 1.29 is 13.9 Å². The molecule has 1 amide bonds. The quantitative estimate of drug-likeness (QED) is 0.659. The van der Waals surface area contributed by atoms with E-state index in [-0.39, 0.29) is 18.1 Å². The van der Waals surface area contributed by atoms with Crippen molar-refractivity contribution in [1.29, 1.82) is 0 Å². The number of amides is 1. The smallest absolute Gasteiger partial charge is 0.244 e. The van der Waals surface area contributed by atoms with Gasteiger partial charge in [-0.2, -0.15) is 5.10 Å². The number of halogens is 1. The van der Waals surface area contributed by atoms with E-state index in [4.69, 9.17) is 4.74 Å². The molecule has 2 rings (SSSR count). The Morgan fingerprint density at radius 3 is 2.68 bits per heavy atom. The van der Waals surface area contributed by atoms with Gasteiger partial charge in [-0.15, -0.1) is 0 Å². The Hall–Kier alpha value is -2.69. The molecule has 0 fully saturated rings. The minimum atomic E-state index is -0.324. The SMILES string of the molecule is CCOc1ccccc1/C=N\NC(=O)Cc1ccc(F)cc1. The fourth-order valence-electron chi connectivity index (χ4n) is 1.88. The van der Waals surface area contributed by atoms with Gasteiger partial charge in [0.05, 0.1) is 19.2 Å². The van der Waals surface area contributed by atoms with E-state index >= 15 is 0 Å². The van der Waals surface area contributed by atoms with Crippen LogP contribution in [0.3, 0.4) is 0 Å². The van der Waals surface area contributed by atoms with Gasteiger partial charge >= 0.3 is 0 Å². The molecule has 2 aromatic rings. The molecule has 0 heterocycles. The van der Waals surface area contributed by atoms with E-state index in [9.17, 15) is 9.18 Å². The standard InChI is InChI=1S/C17H17FN2O2/c1-2-22-16-6-4-3-5-14(16)12-19-20-17(21)11-13-7-9-15(18)10-8-13/h3-10,12H,2,11H2,1H3,(H,20,21)/b19-12-. The molecule has 0 radical (unpaired) electrons. The number of carbonyl (C=O) groups is 1. The molecule has 0 aliphatic rings. The molecule has 0 saturated carbocycles. The number of ether oxygens (including phenoxy) is 1. The van der Waals surface area contributed by atoms with Crippen molar-refractivity contribution >= 4 is 12.1 Å². The van der Waals surface area contributed by atoms with Crippen LogP contribution in [0.1, 0.15) is 18.1 Å². The number of benzene rings is 2. The molecule has 1 N–H and O–H groups in total. The first kappa shape index (κ1) is 15.7. The van der Waals surface area contributed by atoms with Crippen LogP contribution in [0.5, 0.6) is 5.75 Å². The van der Waals surface area contributed by atoms with E-state index < -0.39 is 0 Å². The first-order chi connectivity index (χ1) is 10.7. The molecule has 0 bridgehead atoms. The summed E-state index contributed by atoms with van der Waals surface area (Å²) >= 11 is 0. The van der Waals surface area contributed by atoms with Crippen molar-refractivity contribution in [3.05, 3.63) is 65.5 Å². The molecule has 0 aliphatic heterocycles. The molecule has 0 aromatic heterocycles. The summed E-state index contributed by atoms with van der Waals surface area (Å²) in [6.45, 7) is 2.46. The minimum absolute atomic E-state index is 0.144. The first-order valence-corrected chi connectivity index (χ1v) is 6.97. The van der Waals surface area contributed by atoms with Crippen LogP contribution in [0.25, 0.3) is 0 Å². The van der Waals surface area contributed by atoms with E-state index in [0.717, 1.165) is 11.1 Å². The molecule has 2 aromatic carbocycles. The number of carbonyl (C=O) groups excluding carboxylic acids is 1. The number of para-hydroxylation sites is 1. The molecule has 0 aliphatic carbocycles. The van der Waals surface area contributed by atoms with Crippen molar-refractivity contribution in [3.8, 4) is 5.75 Å². The largest absolute Gasteiger partial charge is 0.493 e. The van der Waals surface area contributed by atoms with E-state index in [1.165, 1.54) is 18.3 Å². The lowest BCUT2D eigenvalue weighted by atomic mass is 10.1. The second kappa shape index (κ2) is 7.93. The maximum atomic E-state index is 12.8. The van der Waals surface area contributed by atoms with Crippen molar-refractivity contribution in [2.24, 2.45) is 5.10 Å². The van der Waals surface area contributed by atoms with Gasteiger partial charge in [0.2, 0.25) is 5.91 Å². The monoisotopic (exact) mass is 300 g/mol. The molecular formula is C17H17FN2O2. The van der Waals surface area contributed by atoms with Crippen molar-refractivity contribution in [2.75, 3.05) is 6.61 Å². The third kappa shape index (κ3) is 4.70. The molecule has 22 heavy (non-hydrogen) atoms. The lowest BCUT2D eigenvalue weighted by Crippen LogP contribution is -2.19. The summed E-state index contributed by atoms with van der Waals surface area (Å²) in [4.78, 5) is 11.7. The van der Waals surface area contributed by atoms with Crippen LogP contribution in [-0.2, 0) is 11.2 Å². The third-order valence-electron chi connectivity index (χ3n) is 2.89. The number of nitrogens with zero attached hydrogens (tertiary/aromatic N) is 1. The minimum Gasteiger partial charge on any atom is -0.493 e. The Kier molecular flexibility index (Phi) is 5.65. The molecule has 5 heteroatoms. The van der Waals surface area contributed by atoms with Gasteiger partial charge in [-0.05, 0) is 36.8 Å². The average Bonchev–Trinajstić information content (AvgIpc) is 2.51. The van der Waals surface area contributed by atoms with Crippen LogP contribution in [0.2, 0.25) is 0 Å². The molecule has 0 spiro atoms. The highest BCUT2D eigenvalue weighted by molar-refractivity contribution is 5.85. The Balaban J connectivity index is 1.92. The van der Waals surface area contributed by atoms with Gasteiger partial charge in [0.1, 0.15) is 11.6 Å². The highest BCUT2D eigenvalue weighted by Crippen LogP contribution is 2.15. The average molecular weight is 300 g/mol. The molecular weight excluding hydrogens is 283 g/mol. The second-order valence-electron chi connectivity index (χ2n) is 4.57. The summed E-state index contributed by atoms with van der Waals surface area (Å²) < 4.78 is 18.2. The van der Waals surface area contributed by atoms with E-state index in [0.29, 0.717) is 12.4 Å². The highest BCUT2D eigenvalue weighted by atomic mass is 19.1. The summed E-state index contributed by atoms with van der Waals surface area (Å²) in [6, 6.07) is 13.2. The summed E-state index contributed by atoms with van der Waals surface area (Å²) in [5.74, 6) is 0.119. The van der Waals surface area contributed by atoms with E-state index in [1.54, 1.807) is 12.1 Å². The highest BCUT2D eigenvalue weighted by Gasteiger charge is 2.03. The van der Waals surface area contributed by atoms with Gasteiger partial charge in [-0.1, -0.05) is 24.3 Å². The second-order valence-corrected chi connectivity index (χ2v) is 4.57. The van der Waals surface area contributed by atoms with Crippen molar-refractivity contribution in [3.63, 3.8) is 0 Å². The maximum absolute atomic E-state index is 12.8. The summed E-state index contributed by atoms with van der Waals surface area (Å²) in [5.41, 5.74) is 3.95. The predicted octanol–water partition coefficient (Wildman–Crippen LogP) is 2.92. The van der Waals surface area contributed by atoms with Crippen molar-refractivity contribution in [2.45, 2.75) is 13.3 Å². The van der Waals surface area contributed by atoms with E-state index in [1.807, 2.05) is 31.2 Å². The summed E-state index contributed by atoms with van der Waals surface area (Å²) in [5, 5.41) is 3.92. The Labute approximate surface area is 128 Å². The van der Waals surface area contributed by atoms with Crippen molar-refractivity contribution in [1.82, 2.24) is 5.43 Å². The zero-order valence-corrected chi connectivity index (χ0v) is 12.3. The predicted molar refractivity (Wildman–Crippen MR) is 83.5 cm³/mol. The van der Waals surface area contributed by atoms with Gasteiger partial charge in [0.15, 0.2) is 0 Å². The van der Waals surface area contributed by atoms with E-state index in [2.05, 4.69) is 10.5 Å². The zero-order valence-electron chi connectivity index (χ0n) is 12.3. The number of hydrogen-bond donors (Lipinski definition) is 1. The normalized spacial score (nSPS) is 10.6. The fourth-order valence-corrected chi connectivity index (χ4v) is 1.88. The van der Waals surface area contributed by atoms with Gasteiger partial charge in [0, 0.05) is 5.56 Å². The molecule has 0 atom stereocenters. The van der Waals surface area contributed by atoms with Crippen LogP contribution in [0, 0.1) is 5.82 Å². The molecule has 0 saturated heterocycles. The molecule has 0 unspecified atom stereocenters. The first-order valence-electron chi connectivity index (χ1n) is 6.97. The Morgan fingerprint density at radius 2 is 1.95 bits per heavy atom. The topological polar surface area (TPSA) is 50.7 Å². The van der Waals surface area contributed by atoms with Gasteiger partial charge in [-0.25, -0.2) is 9.82 Å².